The standard InChI is InChI=1S/C27H22FN3O2/c1-18-4-6-19(7-5-18)16-29-26(32)21-10-13-23-25(15-21)31(17-20-8-11-22(28)12-9-20)27(33)24-3-2-14-30(23)24/h2-15H,16-17H2,1H3,(H,29,32). The number of hydrogen-bond acceptors (Lipinski definition) is 2. The Kier molecular flexibility index (Phi) is 5.26. The zero-order valence-electron chi connectivity index (χ0n) is 18.1. The number of fused-ring (bicyclic) bond motifs is 3. The number of benzene rings is 3. The van der Waals surface area contributed by atoms with Crippen LogP contribution >= 0.6 is 0 Å². The molecule has 3 aromatic carbocycles. The lowest BCUT2D eigenvalue weighted by molar-refractivity contribution is 0.0951. The second-order valence-electron chi connectivity index (χ2n) is 8.15. The fraction of sp³-hybridized carbons (Fsp3) is 0.111. The van der Waals surface area contributed by atoms with E-state index >= 15 is 0 Å². The van der Waals surface area contributed by atoms with Crippen LogP contribution in [0, 0.1) is 12.7 Å². The maximum atomic E-state index is 13.4. The van der Waals surface area contributed by atoms with Crippen molar-refractivity contribution in [1.29, 1.82) is 0 Å². The first-order valence-electron chi connectivity index (χ1n) is 10.7. The first kappa shape index (κ1) is 20.7. The van der Waals surface area contributed by atoms with E-state index in [1.165, 1.54) is 12.1 Å². The summed E-state index contributed by atoms with van der Waals surface area (Å²) in [5.41, 5.74) is 5.25. The van der Waals surface area contributed by atoms with Crippen LogP contribution in [0.3, 0.4) is 0 Å². The molecule has 0 atom stereocenters. The van der Waals surface area contributed by atoms with Gasteiger partial charge in [-0.2, -0.15) is 0 Å². The molecule has 0 saturated carbocycles. The highest BCUT2D eigenvalue weighted by Crippen LogP contribution is 2.19. The van der Waals surface area contributed by atoms with Gasteiger partial charge in [-0.05, 0) is 60.5 Å². The van der Waals surface area contributed by atoms with Crippen LogP contribution in [-0.2, 0) is 13.1 Å². The first-order valence-corrected chi connectivity index (χ1v) is 10.7. The Morgan fingerprint density at radius 2 is 1.61 bits per heavy atom. The van der Waals surface area contributed by atoms with E-state index < -0.39 is 0 Å². The Hall–Kier alpha value is -4.19. The average molecular weight is 439 g/mol. The molecule has 2 aromatic heterocycles. The van der Waals surface area contributed by atoms with Crippen molar-refractivity contribution in [3.63, 3.8) is 0 Å². The summed E-state index contributed by atoms with van der Waals surface area (Å²) in [5.74, 6) is -0.545. The number of nitrogens with zero attached hydrogens (tertiary/aromatic N) is 2. The summed E-state index contributed by atoms with van der Waals surface area (Å²) in [6.07, 6.45) is 1.83. The molecule has 0 fully saturated rings. The molecule has 1 amide bonds. The predicted octanol–water partition coefficient (Wildman–Crippen LogP) is 4.68. The summed E-state index contributed by atoms with van der Waals surface area (Å²) in [5, 5.41) is 2.95. The Bertz CT molecular complexity index is 1530. The monoisotopic (exact) mass is 439 g/mol. The molecule has 6 heteroatoms. The van der Waals surface area contributed by atoms with E-state index in [1.54, 1.807) is 34.9 Å². The number of aromatic nitrogens is 2. The molecule has 33 heavy (non-hydrogen) atoms. The lowest BCUT2D eigenvalue weighted by Crippen LogP contribution is -2.25. The van der Waals surface area contributed by atoms with Crippen molar-refractivity contribution >= 4 is 22.5 Å². The van der Waals surface area contributed by atoms with Crippen molar-refractivity contribution in [3.05, 3.63) is 123 Å². The molecule has 5 rings (SSSR count). The van der Waals surface area contributed by atoms with E-state index in [4.69, 9.17) is 0 Å². The normalized spacial score (nSPS) is 11.2. The molecule has 164 valence electrons. The van der Waals surface area contributed by atoms with Crippen molar-refractivity contribution in [3.8, 4) is 0 Å². The molecule has 0 radical (unpaired) electrons. The number of amides is 1. The molecule has 0 spiro atoms. The SMILES string of the molecule is Cc1ccc(CNC(=O)c2ccc3c(c2)n(Cc2ccc(F)cc2)c(=O)c2cccn23)cc1. The minimum Gasteiger partial charge on any atom is -0.348 e. The van der Waals surface area contributed by atoms with Crippen LogP contribution in [0.5, 0.6) is 0 Å². The summed E-state index contributed by atoms with van der Waals surface area (Å²) in [6.45, 7) is 2.70. The molecule has 0 aliphatic rings. The highest BCUT2D eigenvalue weighted by molar-refractivity contribution is 5.97. The highest BCUT2D eigenvalue weighted by Gasteiger charge is 2.14. The van der Waals surface area contributed by atoms with Gasteiger partial charge in [0.2, 0.25) is 0 Å². The number of carbonyl (C=O) groups excluding carboxylic acids is 1. The van der Waals surface area contributed by atoms with E-state index in [0.29, 0.717) is 23.1 Å². The number of nitrogens with one attached hydrogen (secondary N) is 1. The first-order chi connectivity index (χ1) is 16.0. The second-order valence-corrected chi connectivity index (χ2v) is 8.15. The van der Waals surface area contributed by atoms with E-state index in [9.17, 15) is 14.0 Å². The number of rotatable bonds is 5. The van der Waals surface area contributed by atoms with Gasteiger partial charge in [-0.15, -0.1) is 0 Å². The molecule has 0 aliphatic heterocycles. The van der Waals surface area contributed by atoms with Gasteiger partial charge in [-0.3, -0.25) is 9.59 Å². The summed E-state index contributed by atoms with van der Waals surface area (Å²) in [6, 6.07) is 23.0. The van der Waals surface area contributed by atoms with Crippen molar-refractivity contribution in [2.45, 2.75) is 20.0 Å². The van der Waals surface area contributed by atoms with Crippen LogP contribution in [0.2, 0.25) is 0 Å². The predicted molar refractivity (Wildman–Crippen MR) is 127 cm³/mol. The minimum atomic E-state index is -0.328. The van der Waals surface area contributed by atoms with Gasteiger partial charge in [0.25, 0.3) is 11.5 Å². The molecule has 0 unspecified atom stereocenters. The summed E-state index contributed by atoms with van der Waals surface area (Å²) in [4.78, 5) is 26.1. The molecular weight excluding hydrogens is 417 g/mol. The zero-order chi connectivity index (χ0) is 22.9. The van der Waals surface area contributed by atoms with Crippen LogP contribution in [0.4, 0.5) is 4.39 Å². The number of carbonyl (C=O) groups is 1. The van der Waals surface area contributed by atoms with Crippen LogP contribution in [0.15, 0.2) is 89.9 Å². The van der Waals surface area contributed by atoms with Crippen LogP contribution < -0.4 is 10.9 Å². The van der Waals surface area contributed by atoms with Crippen molar-refractivity contribution in [2.75, 3.05) is 0 Å². The molecule has 0 aliphatic carbocycles. The Labute approximate surface area is 189 Å². The van der Waals surface area contributed by atoms with Gasteiger partial charge in [-0.1, -0.05) is 42.0 Å². The molecule has 0 saturated heterocycles. The van der Waals surface area contributed by atoms with Gasteiger partial charge in [0.1, 0.15) is 11.3 Å². The topological polar surface area (TPSA) is 55.5 Å². The Morgan fingerprint density at radius 3 is 2.36 bits per heavy atom. The summed E-state index contributed by atoms with van der Waals surface area (Å²) < 4.78 is 16.8. The maximum Gasteiger partial charge on any atom is 0.275 e. The summed E-state index contributed by atoms with van der Waals surface area (Å²) >= 11 is 0. The van der Waals surface area contributed by atoms with Crippen LogP contribution in [-0.4, -0.2) is 14.9 Å². The second kappa shape index (κ2) is 8.39. The quantitative estimate of drug-likeness (QED) is 0.432. The average Bonchev–Trinajstić information content (AvgIpc) is 3.32. The lowest BCUT2D eigenvalue weighted by Gasteiger charge is -2.14. The van der Waals surface area contributed by atoms with E-state index in [1.807, 2.05) is 53.9 Å². The van der Waals surface area contributed by atoms with Crippen LogP contribution in [0.25, 0.3) is 16.6 Å². The molecule has 5 aromatic rings. The van der Waals surface area contributed by atoms with Gasteiger partial charge in [0.05, 0.1) is 17.6 Å². The third kappa shape index (κ3) is 4.03. The zero-order valence-corrected chi connectivity index (χ0v) is 18.1. The lowest BCUT2D eigenvalue weighted by atomic mass is 10.1. The van der Waals surface area contributed by atoms with E-state index in [2.05, 4.69) is 5.32 Å². The van der Waals surface area contributed by atoms with Gasteiger partial charge in [-0.25, -0.2) is 4.39 Å². The number of aryl methyl sites for hydroxylation is 1. The Morgan fingerprint density at radius 1 is 0.879 bits per heavy atom. The van der Waals surface area contributed by atoms with Crippen molar-refractivity contribution in [1.82, 2.24) is 14.3 Å². The fourth-order valence-electron chi connectivity index (χ4n) is 4.02. The van der Waals surface area contributed by atoms with Crippen molar-refractivity contribution in [2.24, 2.45) is 0 Å². The molecule has 2 heterocycles. The van der Waals surface area contributed by atoms with Gasteiger partial charge >= 0.3 is 0 Å². The molecule has 0 bridgehead atoms. The largest absolute Gasteiger partial charge is 0.348 e. The minimum absolute atomic E-state index is 0.172. The van der Waals surface area contributed by atoms with Crippen molar-refractivity contribution < 1.29 is 9.18 Å². The smallest absolute Gasteiger partial charge is 0.275 e. The third-order valence-corrected chi connectivity index (χ3v) is 5.83. The van der Waals surface area contributed by atoms with Gasteiger partial charge < -0.3 is 14.3 Å². The van der Waals surface area contributed by atoms with E-state index in [-0.39, 0.29) is 23.8 Å². The summed E-state index contributed by atoms with van der Waals surface area (Å²) in [7, 11) is 0. The molecule has 1 N–H and O–H groups in total. The molecular formula is C27H22FN3O2. The number of halogens is 1. The number of hydrogen-bond donors (Lipinski definition) is 1. The van der Waals surface area contributed by atoms with Gasteiger partial charge in [0, 0.05) is 18.3 Å². The maximum absolute atomic E-state index is 13.4. The van der Waals surface area contributed by atoms with Crippen LogP contribution in [0.1, 0.15) is 27.0 Å². The van der Waals surface area contributed by atoms with E-state index in [0.717, 1.165) is 22.2 Å². The van der Waals surface area contributed by atoms with Gasteiger partial charge in [0.15, 0.2) is 0 Å². The highest BCUT2D eigenvalue weighted by atomic mass is 19.1. The molecule has 5 nitrogen and oxygen atoms in total. The Balaban J connectivity index is 1.54. The third-order valence-electron chi connectivity index (χ3n) is 5.83. The fourth-order valence-corrected chi connectivity index (χ4v) is 4.02.